The number of hydrogen-bond acceptors (Lipinski definition) is 7. The maximum atomic E-state index is 13.4. The number of nitrogens with zero attached hydrogens (tertiary/aromatic N) is 3. The van der Waals surface area contributed by atoms with E-state index in [4.69, 9.17) is 9.47 Å². The first kappa shape index (κ1) is 20.3. The quantitative estimate of drug-likeness (QED) is 0.649. The largest absolute Gasteiger partial charge is 0.475 e. The molecule has 1 atom stereocenters. The highest BCUT2D eigenvalue weighted by molar-refractivity contribution is 6.08. The zero-order valence-corrected chi connectivity index (χ0v) is 17.5. The number of benzene rings is 2. The van der Waals surface area contributed by atoms with E-state index >= 15 is 0 Å². The molecule has 1 N–H and O–H groups in total. The standard InChI is InChI=1S/C23H22N4O4/c1-14-11-15(2)25-23(24-14)26-17-8-6-7-16(12-17)21(28)27-13-20(22(29)30-3)31-19-10-5-4-9-18(19)27/h4-12,20H,13H2,1-3H3,(H,24,25,26)/t20-/m0/s1. The van der Waals surface area contributed by atoms with Crippen LogP contribution in [0.25, 0.3) is 0 Å². The number of esters is 1. The maximum Gasteiger partial charge on any atom is 0.348 e. The number of methoxy groups -OCH3 is 1. The molecule has 1 aliphatic heterocycles. The molecule has 0 aliphatic carbocycles. The minimum absolute atomic E-state index is 0.0559. The van der Waals surface area contributed by atoms with E-state index in [1.165, 1.54) is 12.0 Å². The molecule has 0 spiro atoms. The highest BCUT2D eigenvalue weighted by atomic mass is 16.6. The summed E-state index contributed by atoms with van der Waals surface area (Å²) in [6, 6.07) is 16.1. The molecule has 2 aromatic carbocycles. The molecule has 1 aliphatic rings. The summed E-state index contributed by atoms with van der Waals surface area (Å²) in [5.74, 6) is 0.129. The van der Waals surface area contributed by atoms with Gasteiger partial charge in [-0.1, -0.05) is 18.2 Å². The van der Waals surface area contributed by atoms with Gasteiger partial charge in [0.25, 0.3) is 5.91 Å². The second-order valence-corrected chi connectivity index (χ2v) is 7.19. The third-order valence-electron chi connectivity index (χ3n) is 4.83. The first-order chi connectivity index (χ1) is 14.9. The smallest absolute Gasteiger partial charge is 0.348 e. The number of hydrogen-bond donors (Lipinski definition) is 1. The molecule has 8 heteroatoms. The molecule has 0 saturated heterocycles. The average molecular weight is 418 g/mol. The Bertz CT molecular complexity index is 1130. The minimum atomic E-state index is -0.895. The number of ether oxygens (including phenoxy) is 2. The van der Waals surface area contributed by atoms with Gasteiger partial charge in [-0.05, 0) is 50.2 Å². The van der Waals surface area contributed by atoms with Crippen LogP contribution in [0.1, 0.15) is 21.7 Å². The zero-order valence-electron chi connectivity index (χ0n) is 17.5. The van der Waals surface area contributed by atoms with Crippen LogP contribution in [0.3, 0.4) is 0 Å². The van der Waals surface area contributed by atoms with E-state index in [-0.39, 0.29) is 12.5 Å². The van der Waals surface area contributed by atoms with Crippen molar-refractivity contribution in [3.8, 4) is 5.75 Å². The van der Waals surface area contributed by atoms with Crippen LogP contribution in [0, 0.1) is 13.8 Å². The fraction of sp³-hybridized carbons (Fsp3) is 0.217. The van der Waals surface area contributed by atoms with Crippen molar-refractivity contribution >= 4 is 29.2 Å². The molecule has 0 unspecified atom stereocenters. The Balaban J connectivity index is 1.63. The van der Waals surface area contributed by atoms with Crippen molar-refractivity contribution in [1.82, 2.24) is 9.97 Å². The molecule has 158 valence electrons. The number of para-hydroxylation sites is 2. The summed E-state index contributed by atoms with van der Waals surface area (Å²) < 4.78 is 10.5. The van der Waals surface area contributed by atoms with E-state index < -0.39 is 12.1 Å². The molecule has 2 heterocycles. The van der Waals surface area contributed by atoms with Crippen molar-refractivity contribution in [3.63, 3.8) is 0 Å². The Morgan fingerprint density at radius 1 is 1.06 bits per heavy atom. The van der Waals surface area contributed by atoms with Crippen molar-refractivity contribution in [1.29, 1.82) is 0 Å². The fourth-order valence-corrected chi connectivity index (χ4v) is 3.48. The van der Waals surface area contributed by atoms with Gasteiger partial charge in [0.2, 0.25) is 12.1 Å². The Kier molecular flexibility index (Phi) is 5.53. The summed E-state index contributed by atoms with van der Waals surface area (Å²) in [6.07, 6.45) is -0.895. The third kappa shape index (κ3) is 4.32. The number of aryl methyl sites for hydroxylation is 2. The van der Waals surface area contributed by atoms with Crippen LogP contribution in [-0.4, -0.2) is 41.6 Å². The van der Waals surface area contributed by atoms with Gasteiger partial charge in [-0.3, -0.25) is 4.79 Å². The normalized spacial score (nSPS) is 14.9. The van der Waals surface area contributed by atoms with Gasteiger partial charge < -0.3 is 19.7 Å². The number of carbonyl (C=O) groups is 2. The molecule has 0 radical (unpaired) electrons. The van der Waals surface area contributed by atoms with Crippen molar-refractivity contribution in [3.05, 3.63) is 71.5 Å². The number of fused-ring (bicyclic) bond motifs is 1. The summed E-state index contributed by atoms with van der Waals surface area (Å²) in [5, 5.41) is 3.15. The van der Waals surface area contributed by atoms with Gasteiger partial charge in [0.1, 0.15) is 5.75 Å². The average Bonchev–Trinajstić information content (AvgIpc) is 2.76. The van der Waals surface area contributed by atoms with E-state index in [0.29, 0.717) is 28.6 Å². The molecular weight excluding hydrogens is 396 g/mol. The molecule has 31 heavy (non-hydrogen) atoms. The first-order valence-corrected chi connectivity index (χ1v) is 9.79. The van der Waals surface area contributed by atoms with Gasteiger partial charge in [0, 0.05) is 22.6 Å². The van der Waals surface area contributed by atoms with Gasteiger partial charge in [-0.25, -0.2) is 14.8 Å². The van der Waals surface area contributed by atoms with Crippen LogP contribution in [0.4, 0.5) is 17.3 Å². The Morgan fingerprint density at radius 2 is 1.81 bits per heavy atom. The van der Waals surface area contributed by atoms with Crippen LogP contribution >= 0.6 is 0 Å². The summed E-state index contributed by atoms with van der Waals surface area (Å²) in [5.41, 5.74) is 3.43. The van der Waals surface area contributed by atoms with Crippen LogP contribution in [0.5, 0.6) is 5.75 Å². The Morgan fingerprint density at radius 3 is 2.55 bits per heavy atom. The van der Waals surface area contributed by atoms with Crippen molar-refractivity contribution in [2.75, 3.05) is 23.9 Å². The fourth-order valence-electron chi connectivity index (χ4n) is 3.48. The number of amides is 1. The highest BCUT2D eigenvalue weighted by Gasteiger charge is 2.34. The Labute approximate surface area is 179 Å². The third-order valence-corrected chi connectivity index (χ3v) is 4.83. The first-order valence-electron chi connectivity index (χ1n) is 9.79. The molecule has 8 nitrogen and oxygen atoms in total. The molecule has 0 bridgehead atoms. The highest BCUT2D eigenvalue weighted by Crippen LogP contribution is 2.34. The zero-order chi connectivity index (χ0) is 22.0. The van der Waals surface area contributed by atoms with Crippen LogP contribution in [-0.2, 0) is 9.53 Å². The lowest BCUT2D eigenvalue weighted by molar-refractivity contribution is -0.148. The maximum absolute atomic E-state index is 13.4. The lowest BCUT2D eigenvalue weighted by Crippen LogP contribution is -2.47. The van der Waals surface area contributed by atoms with Crippen LogP contribution in [0.15, 0.2) is 54.6 Å². The number of aromatic nitrogens is 2. The van der Waals surface area contributed by atoms with Gasteiger partial charge in [0.15, 0.2) is 0 Å². The van der Waals surface area contributed by atoms with Crippen molar-refractivity contribution in [2.24, 2.45) is 0 Å². The van der Waals surface area contributed by atoms with E-state index in [1.54, 1.807) is 36.4 Å². The van der Waals surface area contributed by atoms with Gasteiger partial charge in [-0.2, -0.15) is 0 Å². The van der Waals surface area contributed by atoms with Gasteiger partial charge in [-0.15, -0.1) is 0 Å². The molecule has 0 fully saturated rings. The number of rotatable bonds is 4. The van der Waals surface area contributed by atoms with Gasteiger partial charge >= 0.3 is 5.97 Å². The summed E-state index contributed by atoms with van der Waals surface area (Å²) in [4.78, 5) is 35.8. The van der Waals surface area contributed by atoms with E-state index in [2.05, 4.69) is 15.3 Å². The lowest BCUT2D eigenvalue weighted by Gasteiger charge is -2.33. The molecule has 1 aromatic heterocycles. The monoisotopic (exact) mass is 418 g/mol. The molecule has 1 amide bonds. The van der Waals surface area contributed by atoms with Crippen molar-refractivity contribution < 1.29 is 19.1 Å². The topological polar surface area (TPSA) is 93.7 Å². The molecule has 0 saturated carbocycles. The minimum Gasteiger partial charge on any atom is -0.475 e. The predicted molar refractivity (Wildman–Crippen MR) is 116 cm³/mol. The summed E-state index contributed by atoms with van der Waals surface area (Å²) in [6.45, 7) is 3.85. The molecule has 4 rings (SSSR count). The predicted octanol–water partition coefficient (Wildman–Crippen LogP) is 3.42. The SMILES string of the molecule is COC(=O)[C@@H]1CN(C(=O)c2cccc(Nc3nc(C)cc(C)n3)c2)c2ccccc2O1. The molecule has 3 aromatic rings. The van der Waals surface area contributed by atoms with Crippen molar-refractivity contribution in [2.45, 2.75) is 20.0 Å². The van der Waals surface area contributed by atoms with Crippen LogP contribution in [0.2, 0.25) is 0 Å². The molecular formula is C23H22N4O4. The summed E-state index contributed by atoms with van der Waals surface area (Å²) in [7, 11) is 1.29. The van der Waals surface area contributed by atoms with Crippen LogP contribution < -0.4 is 15.0 Å². The van der Waals surface area contributed by atoms with E-state index in [9.17, 15) is 9.59 Å². The van der Waals surface area contributed by atoms with E-state index in [0.717, 1.165) is 11.4 Å². The summed E-state index contributed by atoms with van der Waals surface area (Å²) >= 11 is 0. The number of nitrogens with one attached hydrogen (secondary N) is 1. The van der Waals surface area contributed by atoms with Gasteiger partial charge in [0.05, 0.1) is 19.3 Å². The number of anilines is 3. The lowest BCUT2D eigenvalue weighted by atomic mass is 10.1. The van der Waals surface area contributed by atoms with E-state index in [1.807, 2.05) is 32.0 Å². The second-order valence-electron chi connectivity index (χ2n) is 7.19. The number of carbonyl (C=O) groups excluding carboxylic acids is 2. The second kappa shape index (κ2) is 8.43. The Hall–Kier alpha value is -3.94.